The predicted octanol–water partition coefficient (Wildman–Crippen LogP) is 5.01. The first-order valence-electron chi connectivity index (χ1n) is 19.9. The molecule has 4 amide bonds. The Kier molecular flexibility index (Phi) is 13.1. The molecule has 60 heavy (non-hydrogen) atoms. The fraction of sp³-hybridized carbons (Fsp3) is 0.381. The SMILES string of the molecule is CCn1nc(C)cc1C(=O)Nc1nc2cc(C(N)=O)cc(CC(C)C)c2n1C/C=C/Cn1c(NC(=O)c2cc(C)nn2CC)nc2cc(C(N)=O)cc(OCCCOC)c21. The van der Waals surface area contributed by atoms with Crippen LogP contribution >= 0.6 is 0 Å². The first-order valence-corrected chi connectivity index (χ1v) is 19.9. The fourth-order valence-electron chi connectivity index (χ4n) is 7.14. The molecule has 0 atom stereocenters. The number of aryl methyl sites for hydroxylation is 4. The zero-order valence-corrected chi connectivity index (χ0v) is 35.0. The van der Waals surface area contributed by atoms with Crippen molar-refractivity contribution < 1.29 is 28.7 Å². The first kappa shape index (κ1) is 42.8. The number of amides is 4. The van der Waals surface area contributed by atoms with E-state index in [9.17, 15) is 19.2 Å². The Morgan fingerprint density at radius 3 is 1.72 bits per heavy atom. The Balaban J connectivity index is 1.43. The van der Waals surface area contributed by atoms with Gasteiger partial charge >= 0.3 is 0 Å². The number of carbonyl (C=O) groups excluding carboxylic acids is 4. The number of nitrogens with two attached hydrogens (primary N) is 2. The van der Waals surface area contributed by atoms with Gasteiger partial charge in [-0.2, -0.15) is 10.2 Å². The number of aromatic nitrogens is 8. The molecule has 0 radical (unpaired) electrons. The van der Waals surface area contributed by atoms with Crippen LogP contribution in [0.3, 0.4) is 0 Å². The third-order valence-electron chi connectivity index (χ3n) is 9.74. The Hall–Kier alpha value is -6.82. The van der Waals surface area contributed by atoms with Gasteiger partial charge in [0.15, 0.2) is 0 Å². The molecule has 18 nitrogen and oxygen atoms in total. The number of rotatable bonds is 19. The van der Waals surface area contributed by atoms with Crippen LogP contribution in [0.15, 0.2) is 48.6 Å². The molecule has 0 unspecified atom stereocenters. The van der Waals surface area contributed by atoms with Gasteiger partial charge < -0.3 is 30.1 Å². The smallest absolute Gasteiger partial charge is 0.276 e. The normalized spacial score (nSPS) is 11.7. The van der Waals surface area contributed by atoms with Crippen LogP contribution in [0.25, 0.3) is 22.1 Å². The lowest BCUT2D eigenvalue weighted by Gasteiger charge is -2.14. The standard InChI is InChI=1S/C42H52N12O6/c1-8-53-32(18-25(5)49-53)39(57)47-41-45-30-21-28(37(43)55)20-27(17-24(3)4)35(30)51(41)13-10-11-14-52-36-31(22-29(38(44)56)23-34(36)60-16-12-15-59-7)46-42(52)48-40(58)33-19-26(6)50-54(33)9-2/h10-11,18-24H,8-9,12-17H2,1-7H3,(H2,43,55)(H2,44,56)(H,45,47,57)(H,46,48,58)/b11-10+. The second kappa shape index (κ2) is 18.4. The molecule has 18 heteroatoms. The summed E-state index contributed by atoms with van der Waals surface area (Å²) in [6, 6.07) is 9.95. The van der Waals surface area contributed by atoms with Crippen LogP contribution in [0.1, 0.15) is 92.8 Å². The van der Waals surface area contributed by atoms with E-state index in [4.69, 9.17) is 30.9 Å². The summed E-state index contributed by atoms with van der Waals surface area (Å²) < 4.78 is 18.3. The number of nitrogens with one attached hydrogen (secondary N) is 2. The van der Waals surface area contributed by atoms with Crippen LogP contribution in [-0.4, -0.2) is 82.6 Å². The van der Waals surface area contributed by atoms with Crippen molar-refractivity contribution in [3.8, 4) is 5.75 Å². The maximum Gasteiger partial charge on any atom is 0.276 e. The van der Waals surface area contributed by atoms with Crippen LogP contribution in [0.2, 0.25) is 0 Å². The van der Waals surface area contributed by atoms with Crippen molar-refractivity contribution in [3.63, 3.8) is 0 Å². The molecular weight excluding hydrogens is 769 g/mol. The minimum absolute atomic E-state index is 0.191. The summed E-state index contributed by atoms with van der Waals surface area (Å²) in [5.74, 6) is -1.02. The molecule has 0 fully saturated rings. The van der Waals surface area contributed by atoms with Gasteiger partial charge in [0.05, 0.1) is 34.5 Å². The molecule has 0 bridgehead atoms. The zero-order chi connectivity index (χ0) is 43.2. The number of nitrogens with zero attached hydrogens (tertiary/aromatic N) is 8. The number of hydrogen-bond acceptors (Lipinski definition) is 10. The maximum absolute atomic E-state index is 13.8. The summed E-state index contributed by atoms with van der Waals surface area (Å²) in [7, 11) is 1.60. The summed E-state index contributed by atoms with van der Waals surface area (Å²) in [5, 5.41) is 14.8. The average Bonchev–Trinajstić information content (AvgIpc) is 3.96. The van der Waals surface area contributed by atoms with E-state index in [2.05, 4.69) is 34.7 Å². The minimum Gasteiger partial charge on any atom is -0.491 e. The van der Waals surface area contributed by atoms with Crippen LogP contribution < -0.4 is 26.8 Å². The van der Waals surface area contributed by atoms with Gasteiger partial charge in [-0.15, -0.1) is 0 Å². The van der Waals surface area contributed by atoms with Gasteiger partial charge in [0, 0.05) is 57.4 Å². The summed E-state index contributed by atoms with van der Waals surface area (Å²) in [4.78, 5) is 61.9. The van der Waals surface area contributed by atoms with E-state index >= 15 is 0 Å². The average molecular weight is 821 g/mol. The lowest BCUT2D eigenvalue weighted by molar-refractivity contribution is 0.0991. The third kappa shape index (κ3) is 9.23. The van der Waals surface area contributed by atoms with Crippen LogP contribution in [0, 0.1) is 19.8 Å². The second-order valence-electron chi connectivity index (χ2n) is 14.8. The highest BCUT2D eigenvalue weighted by atomic mass is 16.5. The molecule has 0 aliphatic heterocycles. The molecule has 0 spiro atoms. The number of fused-ring (bicyclic) bond motifs is 2. The van der Waals surface area contributed by atoms with E-state index in [1.54, 1.807) is 57.4 Å². The maximum atomic E-state index is 13.8. The topological polar surface area (TPSA) is 234 Å². The van der Waals surface area contributed by atoms with Crippen molar-refractivity contribution >= 4 is 57.6 Å². The molecule has 0 saturated heterocycles. The van der Waals surface area contributed by atoms with Crippen molar-refractivity contribution in [2.75, 3.05) is 31.0 Å². The molecule has 6 aromatic rings. The van der Waals surface area contributed by atoms with E-state index < -0.39 is 23.6 Å². The quantitative estimate of drug-likeness (QED) is 0.0630. The molecule has 6 N–H and O–H groups in total. The van der Waals surface area contributed by atoms with Crippen LogP contribution in [0.5, 0.6) is 5.75 Å². The van der Waals surface area contributed by atoms with Crippen molar-refractivity contribution in [2.24, 2.45) is 17.4 Å². The summed E-state index contributed by atoms with van der Waals surface area (Å²) in [5.41, 5.74) is 17.1. The number of methoxy groups -OCH3 is 1. The van der Waals surface area contributed by atoms with Gasteiger partial charge in [0.25, 0.3) is 11.8 Å². The van der Waals surface area contributed by atoms with Gasteiger partial charge in [-0.05, 0) is 82.0 Å². The Bertz CT molecular complexity index is 2610. The van der Waals surface area contributed by atoms with E-state index in [1.807, 2.05) is 44.4 Å². The van der Waals surface area contributed by atoms with Gasteiger partial charge in [-0.1, -0.05) is 26.0 Å². The van der Waals surface area contributed by atoms with Crippen molar-refractivity contribution in [1.29, 1.82) is 0 Å². The number of benzene rings is 2. The Morgan fingerprint density at radius 2 is 1.23 bits per heavy atom. The van der Waals surface area contributed by atoms with Crippen molar-refractivity contribution in [3.05, 3.63) is 88.0 Å². The molecular formula is C42H52N12O6. The number of ether oxygens (including phenoxy) is 2. The largest absolute Gasteiger partial charge is 0.491 e. The molecule has 6 rings (SSSR count). The zero-order valence-electron chi connectivity index (χ0n) is 35.0. The first-order chi connectivity index (χ1) is 28.7. The molecule has 4 heterocycles. The predicted molar refractivity (Wildman–Crippen MR) is 227 cm³/mol. The lowest BCUT2D eigenvalue weighted by atomic mass is 9.99. The highest BCUT2D eigenvalue weighted by molar-refractivity contribution is 6.05. The molecule has 316 valence electrons. The highest BCUT2D eigenvalue weighted by Crippen LogP contribution is 2.32. The second-order valence-corrected chi connectivity index (χ2v) is 14.8. The number of hydrogen-bond donors (Lipinski definition) is 4. The fourth-order valence-corrected chi connectivity index (χ4v) is 7.14. The van der Waals surface area contributed by atoms with Gasteiger partial charge in [0.2, 0.25) is 23.7 Å². The molecule has 2 aromatic carbocycles. The molecule has 0 aliphatic carbocycles. The summed E-state index contributed by atoms with van der Waals surface area (Å²) in [6.07, 6.45) is 4.99. The van der Waals surface area contributed by atoms with E-state index in [0.717, 1.165) is 11.1 Å². The highest BCUT2D eigenvalue weighted by Gasteiger charge is 2.23. The third-order valence-corrected chi connectivity index (χ3v) is 9.74. The molecule has 0 saturated carbocycles. The Labute approximate surface area is 346 Å². The number of primary amides is 2. The van der Waals surface area contributed by atoms with E-state index in [-0.39, 0.29) is 43.1 Å². The Morgan fingerprint density at radius 1 is 0.733 bits per heavy atom. The molecule has 4 aromatic heterocycles. The van der Waals surface area contributed by atoms with Crippen LogP contribution in [-0.2, 0) is 37.3 Å². The van der Waals surface area contributed by atoms with Gasteiger partial charge in [-0.25, -0.2) is 9.97 Å². The van der Waals surface area contributed by atoms with Crippen molar-refractivity contribution in [2.45, 2.75) is 80.6 Å². The summed E-state index contributed by atoms with van der Waals surface area (Å²) in [6.45, 7) is 13.7. The monoisotopic (exact) mass is 820 g/mol. The van der Waals surface area contributed by atoms with Crippen LogP contribution in [0.4, 0.5) is 11.9 Å². The minimum atomic E-state index is -0.662. The lowest BCUT2D eigenvalue weighted by Crippen LogP contribution is -2.20. The van der Waals surface area contributed by atoms with Gasteiger partial charge in [0.1, 0.15) is 22.7 Å². The van der Waals surface area contributed by atoms with E-state index in [0.29, 0.717) is 83.2 Å². The number of allylic oxidation sites excluding steroid dienone is 2. The van der Waals surface area contributed by atoms with E-state index in [1.165, 1.54) is 0 Å². The van der Waals surface area contributed by atoms with Crippen molar-refractivity contribution in [1.82, 2.24) is 38.7 Å². The van der Waals surface area contributed by atoms with Gasteiger partial charge in [-0.3, -0.25) is 39.2 Å². The number of carbonyl (C=O) groups is 4. The number of imidazole rings is 2. The molecule has 0 aliphatic rings. The number of anilines is 2. The summed E-state index contributed by atoms with van der Waals surface area (Å²) >= 11 is 0.